The van der Waals surface area contributed by atoms with Gasteiger partial charge < -0.3 is 15.5 Å². The lowest BCUT2D eigenvalue weighted by Gasteiger charge is -2.45. The highest BCUT2D eigenvalue weighted by atomic mass is 15.2. The Kier molecular flexibility index (Phi) is 3.87. The molecule has 0 bridgehead atoms. The molecule has 1 aliphatic carbocycles. The largest absolute Gasteiger partial charge is 0.371 e. The van der Waals surface area contributed by atoms with E-state index in [-0.39, 0.29) is 5.54 Å². The lowest BCUT2D eigenvalue weighted by Crippen LogP contribution is -2.54. The van der Waals surface area contributed by atoms with Gasteiger partial charge in [-0.1, -0.05) is 25.8 Å². The van der Waals surface area contributed by atoms with E-state index in [1.54, 1.807) is 0 Å². The Labute approximate surface area is 99.3 Å². The van der Waals surface area contributed by atoms with Gasteiger partial charge in [0.1, 0.15) is 0 Å². The number of nitrogens with zero attached hydrogens (tertiary/aromatic N) is 1. The van der Waals surface area contributed by atoms with E-state index in [1.165, 1.54) is 37.8 Å². The minimum Gasteiger partial charge on any atom is -0.371 e. The molecule has 1 saturated carbocycles. The first kappa shape index (κ1) is 11.9. The third kappa shape index (κ3) is 2.25. The molecule has 0 aromatic rings. The molecule has 2 N–H and O–H groups in total. The number of nitrogens with one attached hydrogen (secondary N) is 2. The van der Waals surface area contributed by atoms with Crippen molar-refractivity contribution in [3.8, 4) is 0 Å². The van der Waals surface area contributed by atoms with Crippen molar-refractivity contribution in [2.24, 2.45) is 0 Å². The first-order valence-electron chi connectivity index (χ1n) is 6.62. The van der Waals surface area contributed by atoms with Gasteiger partial charge in [-0.3, -0.25) is 0 Å². The first-order chi connectivity index (χ1) is 7.78. The van der Waals surface area contributed by atoms with Crippen LogP contribution in [0, 0.1) is 0 Å². The molecule has 1 saturated heterocycles. The average molecular weight is 223 g/mol. The van der Waals surface area contributed by atoms with Crippen LogP contribution in [-0.4, -0.2) is 43.7 Å². The highest BCUT2D eigenvalue weighted by Gasteiger charge is 2.35. The minimum absolute atomic E-state index is 0.190. The van der Waals surface area contributed by atoms with Crippen LogP contribution < -0.4 is 10.6 Å². The first-order valence-corrected chi connectivity index (χ1v) is 6.62. The van der Waals surface area contributed by atoms with Gasteiger partial charge in [0.2, 0.25) is 0 Å². The molecular formula is C13H25N3. The van der Waals surface area contributed by atoms with Gasteiger partial charge in [-0.05, 0) is 19.9 Å². The van der Waals surface area contributed by atoms with Gasteiger partial charge in [0.15, 0.2) is 0 Å². The van der Waals surface area contributed by atoms with Crippen LogP contribution in [0.1, 0.15) is 32.1 Å². The smallest absolute Gasteiger partial charge is 0.0576 e. The minimum atomic E-state index is 0.190. The molecule has 0 radical (unpaired) electrons. The highest BCUT2D eigenvalue weighted by molar-refractivity contribution is 5.17. The van der Waals surface area contributed by atoms with Crippen LogP contribution in [0.4, 0.5) is 0 Å². The highest BCUT2D eigenvalue weighted by Crippen LogP contribution is 2.34. The third-order valence-electron chi connectivity index (χ3n) is 4.24. The van der Waals surface area contributed by atoms with Crippen LogP contribution in [0.5, 0.6) is 0 Å². The summed E-state index contributed by atoms with van der Waals surface area (Å²) in [6.45, 7) is 8.80. The normalized spacial score (nSPS) is 25.4. The summed E-state index contributed by atoms with van der Waals surface area (Å²) in [6, 6.07) is 0. The average Bonchev–Trinajstić information content (AvgIpc) is 2.39. The molecule has 0 atom stereocenters. The molecule has 0 spiro atoms. The van der Waals surface area contributed by atoms with Gasteiger partial charge in [0, 0.05) is 31.9 Å². The van der Waals surface area contributed by atoms with E-state index in [9.17, 15) is 0 Å². The zero-order valence-corrected chi connectivity index (χ0v) is 10.5. The van der Waals surface area contributed by atoms with Crippen molar-refractivity contribution >= 4 is 0 Å². The molecule has 3 nitrogen and oxygen atoms in total. The summed E-state index contributed by atoms with van der Waals surface area (Å²) in [4.78, 5) is 2.47. The van der Waals surface area contributed by atoms with Crippen molar-refractivity contribution < 1.29 is 0 Å². The Balaban J connectivity index is 2.04. The summed E-state index contributed by atoms with van der Waals surface area (Å²) in [6.07, 6.45) is 6.58. The van der Waals surface area contributed by atoms with Crippen molar-refractivity contribution in [3.05, 3.63) is 12.3 Å². The molecule has 16 heavy (non-hydrogen) atoms. The Morgan fingerprint density at radius 1 is 1.19 bits per heavy atom. The number of likely N-dealkylation sites (N-methyl/N-ethyl adjacent to an activating group) is 1. The maximum atomic E-state index is 4.38. The molecule has 2 fully saturated rings. The summed E-state index contributed by atoms with van der Waals surface area (Å²) in [7, 11) is 2.10. The second-order valence-electron chi connectivity index (χ2n) is 5.08. The predicted molar refractivity (Wildman–Crippen MR) is 68.5 cm³/mol. The fraction of sp³-hybridized carbons (Fsp3) is 0.846. The van der Waals surface area contributed by atoms with E-state index in [2.05, 4.69) is 29.2 Å². The van der Waals surface area contributed by atoms with Crippen LogP contribution in [-0.2, 0) is 0 Å². The monoisotopic (exact) mass is 223 g/mol. The topological polar surface area (TPSA) is 27.3 Å². The van der Waals surface area contributed by atoms with Crippen molar-refractivity contribution in [2.75, 3.05) is 33.2 Å². The van der Waals surface area contributed by atoms with Crippen molar-refractivity contribution in [2.45, 2.75) is 37.6 Å². The molecular weight excluding hydrogens is 198 g/mol. The number of piperazine rings is 1. The van der Waals surface area contributed by atoms with E-state index >= 15 is 0 Å². The van der Waals surface area contributed by atoms with Gasteiger partial charge in [0.25, 0.3) is 0 Å². The second-order valence-corrected chi connectivity index (χ2v) is 5.08. The van der Waals surface area contributed by atoms with Crippen LogP contribution in [0.15, 0.2) is 12.3 Å². The Bertz CT molecular complexity index is 238. The van der Waals surface area contributed by atoms with Gasteiger partial charge in [-0.2, -0.15) is 0 Å². The van der Waals surface area contributed by atoms with Gasteiger partial charge >= 0.3 is 0 Å². The molecule has 0 unspecified atom stereocenters. The second kappa shape index (κ2) is 5.19. The SMILES string of the molecule is C=C(N1CCNCC1)C1(NC)CCCCC1. The predicted octanol–water partition coefficient (Wildman–Crippen LogP) is 1.33. The number of hydrogen-bond donors (Lipinski definition) is 2. The van der Waals surface area contributed by atoms with Crippen LogP contribution in [0.2, 0.25) is 0 Å². The molecule has 2 aliphatic rings. The summed E-state index contributed by atoms with van der Waals surface area (Å²) in [5.41, 5.74) is 1.52. The third-order valence-corrected chi connectivity index (χ3v) is 4.24. The van der Waals surface area contributed by atoms with Crippen LogP contribution in [0.25, 0.3) is 0 Å². The zero-order valence-electron chi connectivity index (χ0n) is 10.5. The van der Waals surface area contributed by atoms with Crippen molar-refractivity contribution in [1.82, 2.24) is 15.5 Å². The van der Waals surface area contributed by atoms with E-state index < -0.39 is 0 Å². The summed E-state index contributed by atoms with van der Waals surface area (Å²) in [5.74, 6) is 0. The molecule has 92 valence electrons. The molecule has 3 heteroatoms. The number of hydrogen-bond acceptors (Lipinski definition) is 3. The van der Waals surface area contributed by atoms with Crippen molar-refractivity contribution in [3.63, 3.8) is 0 Å². The number of rotatable bonds is 3. The fourth-order valence-corrected chi connectivity index (χ4v) is 3.08. The standard InChI is InChI=1S/C13H25N3/c1-12(16-10-8-15-9-11-16)13(14-2)6-4-3-5-7-13/h14-15H,1,3-11H2,2H3. The van der Waals surface area contributed by atoms with Gasteiger partial charge in [-0.25, -0.2) is 0 Å². The molecule has 1 aliphatic heterocycles. The van der Waals surface area contributed by atoms with E-state index in [1.807, 2.05) is 0 Å². The molecule has 0 aromatic carbocycles. The van der Waals surface area contributed by atoms with Crippen LogP contribution in [0.3, 0.4) is 0 Å². The van der Waals surface area contributed by atoms with Crippen LogP contribution >= 0.6 is 0 Å². The summed E-state index contributed by atoms with van der Waals surface area (Å²) < 4.78 is 0. The quantitative estimate of drug-likeness (QED) is 0.756. The van der Waals surface area contributed by atoms with Crippen molar-refractivity contribution in [1.29, 1.82) is 0 Å². The van der Waals surface area contributed by atoms with Gasteiger partial charge in [-0.15, -0.1) is 0 Å². The van der Waals surface area contributed by atoms with E-state index in [4.69, 9.17) is 0 Å². The Morgan fingerprint density at radius 3 is 2.38 bits per heavy atom. The Morgan fingerprint density at radius 2 is 1.81 bits per heavy atom. The maximum absolute atomic E-state index is 4.38. The lowest BCUT2D eigenvalue weighted by atomic mass is 9.79. The lowest BCUT2D eigenvalue weighted by molar-refractivity contribution is 0.196. The van der Waals surface area contributed by atoms with E-state index in [0.29, 0.717) is 0 Å². The molecule has 2 rings (SSSR count). The van der Waals surface area contributed by atoms with Gasteiger partial charge in [0.05, 0.1) is 5.54 Å². The molecule has 0 amide bonds. The molecule has 1 heterocycles. The summed E-state index contributed by atoms with van der Waals surface area (Å²) in [5, 5.41) is 6.95. The zero-order chi connectivity index (χ0) is 11.4. The molecule has 0 aromatic heterocycles. The summed E-state index contributed by atoms with van der Waals surface area (Å²) >= 11 is 0. The Hall–Kier alpha value is -0.540. The fourth-order valence-electron chi connectivity index (χ4n) is 3.08. The van der Waals surface area contributed by atoms with E-state index in [0.717, 1.165) is 26.2 Å². The maximum Gasteiger partial charge on any atom is 0.0576 e.